The molecule has 0 unspecified atom stereocenters. The van der Waals surface area contributed by atoms with E-state index in [9.17, 15) is 15.0 Å². The summed E-state index contributed by atoms with van der Waals surface area (Å²) in [5.41, 5.74) is 0.847. The van der Waals surface area contributed by atoms with E-state index in [1.54, 1.807) is 54.6 Å². The maximum atomic E-state index is 12.2. The van der Waals surface area contributed by atoms with Gasteiger partial charge in [-0.2, -0.15) is 0 Å². The second-order valence-corrected chi connectivity index (χ2v) is 4.98. The van der Waals surface area contributed by atoms with E-state index in [0.717, 1.165) is 0 Å². The molecular weight excluding hydrogens is 310 g/mol. The van der Waals surface area contributed by atoms with Crippen LogP contribution in [-0.2, 0) is 0 Å². The Balaban J connectivity index is 1.96. The molecule has 1 aromatic heterocycles. The summed E-state index contributed by atoms with van der Waals surface area (Å²) in [4.78, 5) is 12.2. The second kappa shape index (κ2) is 6.37. The zero-order valence-corrected chi connectivity index (χ0v) is 12.8. The van der Waals surface area contributed by atoms with Crippen molar-refractivity contribution < 1.29 is 24.2 Å². The molecule has 3 N–H and O–H groups in total. The van der Waals surface area contributed by atoms with Gasteiger partial charge in [-0.1, -0.05) is 30.3 Å². The van der Waals surface area contributed by atoms with Crippen molar-refractivity contribution in [3.05, 3.63) is 60.2 Å². The fourth-order valence-corrected chi connectivity index (χ4v) is 2.28. The number of carbonyl (C=O) groups excluding carboxylic acids is 1. The first-order chi connectivity index (χ1) is 11.6. The highest BCUT2D eigenvalue weighted by molar-refractivity contribution is 6.04. The summed E-state index contributed by atoms with van der Waals surface area (Å²) in [5.74, 6) is -1.24. The number of para-hydroxylation sites is 1. The normalized spacial score (nSPS) is 10.4. The number of hydrogen-bond donors (Lipinski definition) is 3. The van der Waals surface area contributed by atoms with Crippen LogP contribution >= 0.6 is 0 Å². The molecule has 1 amide bonds. The smallest absolute Gasteiger partial charge is 0.258 e. The minimum atomic E-state index is -0.541. The molecular formula is C18H15NO5. The van der Waals surface area contributed by atoms with Gasteiger partial charge in [0.15, 0.2) is 5.76 Å². The maximum Gasteiger partial charge on any atom is 0.258 e. The van der Waals surface area contributed by atoms with E-state index >= 15 is 0 Å². The summed E-state index contributed by atoms with van der Waals surface area (Å²) >= 11 is 0. The molecule has 0 aliphatic rings. The van der Waals surface area contributed by atoms with E-state index in [2.05, 4.69) is 5.32 Å². The van der Waals surface area contributed by atoms with Crippen LogP contribution in [0.3, 0.4) is 0 Å². The highest BCUT2D eigenvalue weighted by atomic mass is 16.5. The quantitative estimate of drug-likeness (QED) is 0.681. The standard InChI is InChI=1S/C18H15NO5/c1-23-13-10-6-5-9-12(13)16-14(20)15(21)18(24-16)19-17(22)11-7-3-2-4-8-11/h2-10,20-21H,1H3,(H,19,22). The highest BCUT2D eigenvalue weighted by Crippen LogP contribution is 2.47. The first kappa shape index (κ1) is 15.5. The molecule has 0 saturated carbocycles. The van der Waals surface area contributed by atoms with Crippen LogP contribution < -0.4 is 10.1 Å². The van der Waals surface area contributed by atoms with Gasteiger partial charge in [-0.3, -0.25) is 10.1 Å². The third-order valence-electron chi connectivity index (χ3n) is 3.47. The number of ether oxygens (including phenoxy) is 1. The Morgan fingerprint density at radius 2 is 1.67 bits per heavy atom. The highest BCUT2D eigenvalue weighted by Gasteiger charge is 2.24. The Labute approximate surface area is 137 Å². The Morgan fingerprint density at radius 1 is 1.00 bits per heavy atom. The molecule has 0 aliphatic heterocycles. The van der Waals surface area contributed by atoms with Crippen LogP contribution in [-0.4, -0.2) is 23.2 Å². The summed E-state index contributed by atoms with van der Waals surface area (Å²) in [7, 11) is 1.48. The molecule has 0 spiro atoms. The second-order valence-electron chi connectivity index (χ2n) is 4.98. The molecule has 6 nitrogen and oxygen atoms in total. The molecule has 0 radical (unpaired) electrons. The predicted molar refractivity (Wildman–Crippen MR) is 88.4 cm³/mol. The molecule has 24 heavy (non-hydrogen) atoms. The number of benzene rings is 2. The molecule has 1 heterocycles. The third kappa shape index (κ3) is 2.77. The summed E-state index contributed by atoms with van der Waals surface area (Å²) in [5, 5.41) is 22.6. The molecule has 0 aliphatic carbocycles. The number of furan rings is 1. The predicted octanol–water partition coefficient (Wildman–Crippen LogP) is 3.62. The Morgan fingerprint density at radius 3 is 2.38 bits per heavy atom. The van der Waals surface area contributed by atoms with Gasteiger partial charge in [-0.05, 0) is 24.3 Å². The zero-order valence-electron chi connectivity index (χ0n) is 12.8. The van der Waals surface area contributed by atoms with Gasteiger partial charge in [0.2, 0.25) is 17.4 Å². The van der Waals surface area contributed by atoms with Gasteiger partial charge in [0.25, 0.3) is 5.91 Å². The molecule has 0 atom stereocenters. The number of rotatable bonds is 4. The van der Waals surface area contributed by atoms with E-state index in [-0.39, 0.29) is 11.6 Å². The fraction of sp³-hybridized carbons (Fsp3) is 0.0556. The Kier molecular flexibility index (Phi) is 4.11. The van der Waals surface area contributed by atoms with Crippen molar-refractivity contribution in [1.29, 1.82) is 0 Å². The minimum Gasteiger partial charge on any atom is -0.502 e. The van der Waals surface area contributed by atoms with E-state index in [4.69, 9.17) is 9.15 Å². The molecule has 0 saturated heterocycles. The molecule has 0 bridgehead atoms. The first-order valence-corrected chi connectivity index (χ1v) is 7.16. The molecule has 0 fully saturated rings. The number of hydrogen-bond acceptors (Lipinski definition) is 5. The number of methoxy groups -OCH3 is 1. The zero-order chi connectivity index (χ0) is 17.1. The van der Waals surface area contributed by atoms with Crippen molar-refractivity contribution in [2.75, 3.05) is 12.4 Å². The number of aromatic hydroxyl groups is 2. The van der Waals surface area contributed by atoms with E-state index in [0.29, 0.717) is 16.9 Å². The summed E-state index contributed by atoms with van der Waals surface area (Å²) in [6.45, 7) is 0. The number of anilines is 1. The lowest BCUT2D eigenvalue weighted by molar-refractivity contribution is 0.102. The number of amides is 1. The molecule has 3 rings (SSSR count). The van der Waals surface area contributed by atoms with Crippen molar-refractivity contribution in [3.63, 3.8) is 0 Å². The number of nitrogens with one attached hydrogen (secondary N) is 1. The Hall–Kier alpha value is -3.41. The van der Waals surface area contributed by atoms with E-state index < -0.39 is 17.4 Å². The van der Waals surface area contributed by atoms with Gasteiger partial charge in [-0.15, -0.1) is 0 Å². The minimum absolute atomic E-state index is 0.00770. The monoisotopic (exact) mass is 325 g/mol. The fourth-order valence-electron chi connectivity index (χ4n) is 2.28. The lowest BCUT2D eigenvalue weighted by Gasteiger charge is -2.05. The molecule has 3 aromatic rings. The lowest BCUT2D eigenvalue weighted by Crippen LogP contribution is -2.11. The van der Waals surface area contributed by atoms with Crippen LogP contribution in [0.15, 0.2) is 59.0 Å². The molecule has 122 valence electrons. The van der Waals surface area contributed by atoms with E-state index in [1.807, 2.05) is 0 Å². The van der Waals surface area contributed by atoms with Crippen molar-refractivity contribution in [3.8, 4) is 28.6 Å². The maximum absolute atomic E-state index is 12.2. The summed E-state index contributed by atoms with van der Waals surface area (Å²) in [6, 6.07) is 15.3. The number of carbonyl (C=O) groups is 1. The summed E-state index contributed by atoms with van der Waals surface area (Å²) in [6.07, 6.45) is 0. The summed E-state index contributed by atoms with van der Waals surface area (Å²) < 4.78 is 10.7. The van der Waals surface area contributed by atoms with Gasteiger partial charge >= 0.3 is 0 Å². The topological polar surface area (TPSA) is 91.9 Å². The van der Waals surface area contributed by atoms with Gasteiger partial charge < -0.3 is 19.4 Å². The van der Waals surface area contributed by atoms with Gasteiger partial charge in [0.1, 0.15) is 5.75 Å². The van der Waals surface area contributed by atoms with Crippen molar-refractivity contribution in [2.45, 2.75) is 0 Å². The Bertz CT molecular complexity index is 870. The molecule has 6 heteroatoms. The molecule has 2 aromatic carbocycles. The van der Waals surface area contributed by atoms with Gasteiger partial charge in [-0.25, -0.2) is 0 Å². The van der Waals surface area contributed by atoms with Gasteiger partial charge in [0.05, 0.1) is 12.7 Å². The van der Waals surface area contributed by atoms with E-state index in [1.165, 1.54) is 7.11 Å². The average Bonchev–Trinajstić information content (AvgIpc) is 2.90. The largest absolute Gasteiger partial charge is 0.502 e. The first-order valence-electron chi connectivity index (χ1n) is 7.16. The third-order valence-corrected chi connectivity index (χ3v) is 3.47. The van der Waals surface area contributed by atoms with Crippen LogP contribution in [0.2, 0.25) is 0 Å². The van der Waals surface area contributed by atoms with Crippen molar-refractivity contribution in [2.24, 2.45) is 0 Å². The van der Waals surface area contributed by atoms with Crippen LogP contribution in [0.25, 0.3) is 11.3 Å². The van der Waals surface area contributed by atoms with Crippen LogP contribution in [0, 0.1) is 0 Å². The SMILES string of the molecule is COc1ccccc1-c1oc(NC(=O)c2ccccc2)c(O)c1O. The lowest BCUT2D eigenvalue weighted by atomic mass is 10.1. The van der Waals surface area contributed by atoms with Crippen LogP contribution in [0.1, 0.15) is 10.4 Å². The van der Waals surface area contributed by atoms with Crippen molar-refractivity contribution >= 4 is 11.8 Å². The van der Waals surface area contributed by atoms with Crippen molar-refractivity contribution in [1.82, 2.24) is 0 Å². The van der Waals surface area contributed by atoms with Crippen LogP contribution in [0.4, 0.5) is 5.88 Å². The average molecular weight is 325 g/mol. The van der Waals surface area contributed by atoms with Gasteiger partial charge in [0, 0.05) is 5.56 Å². The van der Waals surface area contributed by atoms with Crippen LogP contribution in [0.5, 0.6) is 17.2 Å².